The zero-order valence-corrected chi connectivity index (χ0v) is 4.46. The van der Waals surface area contributed by atoms with E-state index in [0.717, 1.165) is 0 Å². The molecule has 0 bridgehead atoms. The van der Waals surface area contributed by atoms with Crippen molar-refractivity contribution >= 4 is 0 Å². The molecule has 0 aromatic carbocycles. The van der Waals surface area contributed by atoms with E-state index in [9.17, 15) is 0 Å². The molecule has 2 heteroatoms. The third-order valence-corrected chi connectivity index (χ3v) is 0.694. The SMILES string of the molecule is C#CC=C(CO)CO. The summed E-state index contributed by atoms with van der Waals surface area (Å²) in [6.45, 7) is -0.332. The molecule has 0 rings (SSSR count). The molecule has 0 aliphatic heterocycles. The first-order valence-corrected chi connectivity index (χ1v) is 2.21. The van der Waals surface area contributed by atoms with Gasteiger partial charge in [-0.2, -0.15) is 0 Å². The summed E-state index contributed by atoms with van der Waals surface area (Å²) < 4.78 is 0. The molecule has 0 saturated carbocycles. The van der Waals surface area contributed by atoms with Crippen molar-refractivity contribution in [3.63, 3.8) is 0 Å². The lowest BCUT2D eigenvalue weighted by atomic mass is 10.3. The van der Waals surface area contributed by atoms with Crippen molar-refractivity contribution in [3.8, 4) is 12.3 Å². The van der Waals surface area contributed by atoms with Gasteiger partial charge < -0.3 is 10.2 Å². The van der Waals surface area contributed by atoms with E-state index in [0.29, 0.717) is 5.57 Å². The fourth-order valence-corrected chi connectivity index (χ4v) is 0.259. The van der Waals surface area contributed by atoms with Gasteiger partial charge in [-0.05, 0) is 11.6 Å². The van der Waals surface area contributed by atoms with Gasteiger partial charge in [0.05, 0.1) is 13.2 Å². The standard InChI is InChI=1S/C6H8O2/c1-2-3-6(4-7)5-8/h1,3,7-8H,4-5H2. The first-order valence-electron chi connectivity index (χ1n) is 2.21. The number of hydrogen-bond donors (Lipinski definition) is 2. The second-order valence-corrected chi connectivity index (χ2v) is 1.29. The summed E-state index contributed by atoms with van der Waals surface area (Å²) in [5.41, 5.74) is 0.465. The monoisotopic (exact) mass is 112 g/mol. The molecule has 44 valence electrons. The normalized spacial score (nSPS) is 7.62. The molecule has 0 heterocycles. The van der Waals surface area contributed by atoms with Gasteiger partial charge in [-0.1, -0.05) is 5.92 Å². The molecule has 0 atom stereocenters. The van der Waals surface area contributed by atoms with E-state index in [1.165, 1.54) is 6.08 Å². The lowest BCUT2D eigenvalue weighted by molar-refractivity contribution is 0.277. The largest absolute Gasteiger partial charge is 0.392 e. The van der Waals surface area contributed by atoms with Crippen LogP contribution in [0.25, 0.3) is 0 Å². The van der Waals surface area contributed by atoms with Crippen LogP contribution in [0.1, 0.15) is 0 Å². The second kappa shape index (κ2) is 4.38. The van der Waals surface area contributed by atoms with Gasteiger partial charge in [-0.15, -0.1) is 6.42 Å². The molecule has 0 saturated heterocycles. The number of terminal acetylenes is 1. The van der Waals surface area contributed by atoms with Gasteiger partial charge in [0.15, 0.2) is 0 Å². The van der Waals surface area contributed by atoms with Gasteiger partial charge in [-0.25, -0.2) is 0 Å². The molecule has 2 N–H and O–H groups in total. The highest BCUT2D eigenvalue weighted by Gasteiger charge is 1.86. The Morgan fingerprint density at radius 2 is 2.00 bits per heavy atom. The van der Waals surface area contributed by atoms with Crippen LogP contribution < -0.4 is 0 Å². The first kappa shape index (κ1) is 7.22. The Balaban J connectivity index is 3.72. The number of hydrogen-bond acceptors (Lipinski definition) is 2. The maximum atomic E-state index is 8.33. The first-order chi connectivity index (χ1) is 3.85. The van der Waals surface area contributed by atoms with Gasteiger partial charge in [-0.3, -0.25) is 0 Å². The highest BCUT2D eigenvalue weighted by Crippen LogP contribution is 1.86. The number of rotatable bonds is 2. The third-order valence-electron chi connectivity index (χ3n) is 0.694. The Morgan fingerprint density at radius 3 is 2.12 bits per heavy atom. The zero-order valence-electron chi connectivity index (χ0n) is 4.46. The topological polar surface area (TPSA) is 40.5 Å². The minimum Gasteiger partial charge on any atom is -0.392 e. The van der Waals surface area contributed by atoms with Gasteiger partial charge in [0.2, 0.25) is 0 Å². The van der Waals surface area contributed by atoms with Crippen LogP contribution in [0.2, 0.25) is 0 Å². The molecule has 0 radical (unpaired) electrons. The van der Waals surface area contributed by atoms with Gasteiger partial charge in [0.1, 0.15) is 0 Å². The molecule has 0 aromatic rings. The van der Waals surface area contributed by atoms with Crippen molar-refractivity contribution in [1.29, 1.82) is 0 Å². The molecule has 0 spiro atoms. The summed E-state index contributed by atoms with van der Waals surface area (Å²) in [5.74, 6) is 2.19. The van der Waals surface area contributed by atoms with E-state index in [4.69, 9.17) is 16.6 Å². The van der Waals surface area contributed by atoms with Crippen LogP contribution in [0.4, 0.5) is 0 Å². The molecule has 0 aromatic heterocycles. The van der Waals surface area contributed by atoms with Gasteiger partial charge >= 0.3 is 0 Å². The molecule has 2 nitrogen and oxygen atoms in total. The van der Waals surface area contributed by atoms with Crippen LogP contribution in [0.3, 0.4) is 0 Å². The maximum Gasteiger partial charge on any atom is 0.0673 e. The minimum absolute atomic E-state index is 0.166. The third kappa shape index (κ3) is 2.40. The van der Waals surface area contributed by atoms with Crippen molar-refractivity contribution in [2.75, 3.05) is 13.2 Å². The molecular formula is C6H8O2. The molecule has 0 fully saturated rings. The van der Waals surface area contributed by atoms with E-state index in [1.54, 1.807) is 0 Å². The summed E-state index contributed by atoms with van der Waals surface area (Å²) in [6.07, 6.45) is 6.18. The Morgan fingerprint density at radius 1 is 1.50 bits per heavy atom. The van der Waals surface area contributed by atoms with Crippen LogP contribution in [0.5, 0.6) is 0 Å². The van der Waals surface area contributed by atoms with Gasteiger partial charge in [0.25, 0.3) is 0 Å². The Hall–Kier alpha value is -0.780. The smallest absolute Gasteiger partial charge is 0.0673 e. The molecule has 0 unspecified atom stereocenters. The Kier molecular flexibility index (Phi) is 3.95. The molecule has 0 aliphatic carbocycles. The summed E-state index contributed by atoms with van der Waals surface area (Å²) in [4.78, 5) is 0. The van der Waals surface area contributed by atoms with Crippen molar-refractivity contribution < 1.29 is 10.2 Å². The zero-order chi connectivity index (χ0) is 6.41. The van der Waals surface area contributed by atoms with Crippen molar-refractivity contribution in [2.24, 2.45) is 0 Å². The minimum atomic E-state index is -0.166. The van der Waals surface area contributed by atoms with Crippen LogP contribution in [-0.2, 0) is 0 Å². The Labute approximate surface area is 48.5 Å². The van der Waals surface area contributed by atoms with E-state index in [1.807, 2.05) is 0 Å². The fourth-order valence-electron chi connectivity index (χ4n) is 0.259. The maximum absolute atomic E-state index is 8.33. The average molecular weight is 112 g/mol. The predicted octanol–water partition coefficient (Wildman–Crippen LogP) is -0.469. The summed E-state index contributed by atoms with van der Waals surface area (Å²) in [5, 5.41) is 16.7. The van der Waals surface area contributed by atoms with Crippen LogP contribution >= 0.6 is 0 Å². The highest BCUT2D eigenvalue weighted by molar-refractivity contribution is 5.17. The lowest BCUT2D eigenvalue weighted by Crippen LogP contribution is -1.94. The summed E-state index contributed by atoms with van der Waals surface area (Å²) >= 11 is 0. The summed E-state index contributed by atoms with van der Waals surface area (Å²) in [7, 11) is 0. The van der Waals surface area contributed by atoms with Crippen LogP contribution in [0.15, 0.2) is 11.6 Å². The predicted molar refractivity (Wildman–Crippen MR) is 31.1 cm³/mol. The van der Waals surface area contributed by atoms with E-state index in [-0.39, 0.29) is 13.2 Å². The molecule has 0 aliphatic rings. The molecule has 8 heavy (non-hydrogen) atoms. The van der Waals surface area contributed by atoms with Crippen molar-refractivity contribution in [3.05, 3.63) is 11.6 Å². The Bertz CT molecular complexity index is 113. The quantitative estimate of drug-likeness (QED) is 0.474. The second-order valence-electron chi connectivity index (χ2n) is 1.29. The van der Waals surface area contributed by atoms with E-state index in [2.05, 4.69) is 5.92 Å². The van der Waals surface area contributed by atoms with Gasteiger partial charge in [0, 0.05) is 0 Å². The van der Waals surface area contributed by atoms with Crippen LogP contribution in [0, 0.1) is 12.3 Å². The highest BCUT2D eigenvalue weighted by atomic mass is 16.3. The molecule has 0 amide bonds. The average Bonchev–Trinajstić information content (AvgIpc) is 1.83. The van der Waals surface area contributed by atoms with Crippen LogP contribution in [-0.4, -0.2) is 23.4 Å². The van der Waals surface area contributed by atoms with Crippen molar-refractivity contribution in [1.82, 2.24) is 0 Å². The fraction of sp³-hybridized carbons (Fsp3) is 0.333. The van der Waals surface area contributed by atoms with E-state index < -0.39 is 0 Å². The van der Waals surface area contributed by atoms with E-state index >= 15 is 0 Å². The van der Waals surface area contributed by atoms with Crippen molar-refractivity contribution in [2.45, 2.75) is 0 Å². The lowest BCUT2D eigenvalue weighted by Gasteiger charge is -1.91. The number of aliphatic hydroxyl groups is 2. The number of allylic oxidation sites excluding steroid dienone is 1. The molecular weight excluding hydrogens is 104 g/mol. The number of aliphatic hydroxyl groups excluding tert-OH is 2. The summed E-state index contributed by atoms with van der Waals surface area (Å²) in [6, 6.07) is 0.